The zero-order valence-electron chi connectivity index (χ0n) is 15.0. The topological polar surface area (TPSA) is 86.7 Å². The van der Waals surface area contributed by atoms with Gasteiger partial charge in [-0.1, -0.05) is 30.0 Å². The van der Waals surface area contributed by atoms with Crippen LogP contribution in [0.4, 0.5) is 0 Å². The van der Waals surface area contributed by atoms with E-state index in [1.54, 1.807) is 23.0 Å². The highest BCUT2D eigenvalue weighted by molar-refractivity contribution is 7.98. The fourth-order valence-electron chi connectivity index (χ4n) is 3.02. The van der Waals surface area contributed by atoms with E-state index in [-0.39, 0.29) is 5.56 Å². The maximum absolute atomic E-state index is 13.1. The van der Waals surface area contributed by atoms with Crippen molar-refractivity contribution in [1.29, 1.82) is 0 Å². The Morgan fingerprint density at radius 3 is 2.86 bits per heavy atom. The van der Waals surface area contributed by atoms with Crippen LogP contribution in [0.15, 0.2) is 63.2 Å². The van der Waals surface area contributed by atoms with Gasteiger partial charge in [0.15, 0.2) is 5.16 Å². The molecule has 8 heteroatoms. The summed E-state index contributed by atoms with van der Waals surface area (Å²) in [6.45, 7) is 0.407. The summed E-state index contributed by atoms with van der Waals surface area (Å²) in [7, 11) is 0. The normalized spacial score (nSPS) is 13.9. The lowest BCUT2D eigenvalue weighted by molar-refractivity contribution is 0.466. The van der Waals surface area contributed by atoms with Gasteiger partial charge in [0.2, 0.25) is 11.8 Å². The Labute approximate surface area is 164 Å². The van der Waals surface area contributed by atoms with Crippen LogP contribution in [0, 0.1) is 0 Å². The second-order valence-electron chi connectivity index (χ2n) is 6.76. The van der Waals surface area contributed by atoms with Crippen LogP contribution in [0.5, 0.6) is 0 Å². The Morgan fingerprint density at radius 1 is 1.14 bits per heavy atom. The molecule has 1 aliphatic rings. The van der Waals surface area contributed by atoms with Gasteiger partial charge in [-0.05, 0) is 36.6 Å². The molecule has 28 heavy (non-hydrogen) atoms. The molecule has 0 aliphatic heterocycles. The van der Waals surface area contributed by atoms with Gasteiger partial charge in [0.1, 0.15) is 0 Å². The fraction of sp³-hybridized carbons (Fsp3) is 0.250. The maximum atomic E-state index is 13.1. The van der Waals surface area contributed by atoms with Crippen LogP contribution < -0.4 is 5.56 Å². The fourth-order valence-corrected chi connectivity index (χ4v) is 3.85. The maximum Gasteiger partial charge on any atom is 0.262 e. The predicted molar refractivity (Wildman–Crippen MR) is 105 cm³/mol. The average Bonchev–Trinajstić information content (AvgIpc) is 3.48. The third-order valence-electron chi connectivity index (χ3n) is 4.62. The molecular weight excluding hydrogens is 374 g/mol. The Morgan fingerprint density at radius 2 is 2.04 bits per heavy atom. The molecule has 1 fully saturated rings. The van der Waals surface area contributed by atoms with E-state index in [0.29, 0.717) is 40.2 Å². The summed E-state index contributed by atoms with van der Waals surface area (Å²) in [6.07, 6.45) is 5.71. The molecule has 0 radical (unpaired) electrons. The zero-order valence-corrected chi connectivity index (χ0v) is 15.8. The third kappa shape index (κ3) is 3.43. The number of aromatic nitrogens is 5. The van der Waals surface area contributed by atoms with Gasteiger partial charge in [0.25, 0.3) is 5.56 Å². The second kappa shape index (κ2) is 7.20. The van der Waals surface area contributed by atoms with Crippen LogP contribution in [0.3, 0.4) is 0 Å². The van der Waals surface area contributed by atoms with Gasteiger partial charge >= 0.3 is 0 Å². The van der Waals surface area contributed by atoms with Gasteiger partial charge < -0.3 is 4.42 Å². The lowest BCUT2D eigenvalue weighted by Crippen LogP contribution is -2.24. The molecule has 0 unspecified atom stereocenters. The van der Waals surface area contributed by atoms with Crippen molar-refractivity contribution in [2.45, 2.75) is 36.2 Å². The largest absolute Gasteiger partial charge is 0.424 e. The Bertz CT molecular complexity index is 1180. The van der Waals surface area contributed by atoms with Crippen molar-refractivity contribution in [3.8, 4) is 0 Å². The molecule has 0 spiro atoms. The number of rotatable bonds is 6. The summed E-state index contributed by atoms with van der Waals surface area (Å²) >= 11 is 1.43. The van der Waals surface area contributed by atoms with E-state index in [0.717, 1.165) is 24.3 Å². The predicted octanol–water partition coefficient (Wildman–Crippen LogP) is 3.39. The average molecular weight is 391 g/mol. The number of thioether (sulfide) groups is 1. The summed E-state index contributed by atoms with van der Waals surface area (Å²) in [5.41, 5.74) is 1.56. The standard InChI is InChI=1S/C20H17N5O2S/c26-19-15-5-1-2-6-16(15)22-20(25(19)11-13-4-3-9-21-10-13)28-12-17-23-24-18(27-17)14-7-8-14/h1-6,9-10,14H,7-8,11-12H2. The molecular formula is C20H17N5O2S. The third-order valence-corrected chi connectivity index (χ3v) is 5.59. The SMILES string of the molecule is O=c1c2ccccc2nc(SCc2nnc(C3CC3)o2)n1Cc1cccnc1. The smallest absolute Gasteiger partial charge is 0.262 e. The number of nitrogens with zero attached hydrogens (tertiary/aromatic N) is 5. The highest BCUT2D eigenvalue weighted by Crippen LogP contribution is 2.39. The van der Waals surface area contributed by atoms with Crippen molar-refractivity contribution < 1.29 is 4.42 Å². The first-order chi connectivity index (χ1) is 13.8. The first kappa shape index (κ1) is 17.1. The number of pyridine rings is 1. The van der Waals surface area contributed by atoms with Gasteiger partial charge in [0, 0.05) is 18.3 Å². The van der Waals surface area contributed by atoms with Crippen molar-refractivity contribution in [2.75, 3.05) is 0 Å². The number of para-hydroxylation sites is 1. The van der Waals surface area contributed by atoms with Crippen molar-refractivity contribution in [1.82, 2.24) is 24.7 Å². The molecule has 7 nitrogen and oxygen atoms in total. The number of hydrogen-bond donors (Lipinski definition) is 0. The Hall–Kier alpha value is -3.00. The molecule has 1 aliphatic carbocycles. The zero-order chi connectivity index (χ0) is 18.9. The molecule has 0 atom stereocenters. The molecule has 1 saturated carbocycles. The van der Waals surface area contributed by atoms with Crippen molar-refractivity contribution in [3.05, 3.63) is 76.5 Å². The van der Waals surface area contributed by atoms with E-state index in [9.17, 15) is 4.79 Å². The minimum atomic E-state index is -0.0684. The first-order valence-corrected chi connectivity index (χ1v) is 10.1. The molecule has 1 aromatic carbocycles. The van der Waals surface area contributed by atoms with E-state index in [2.05, 4.69) is 15.2 Å². The quantitative estimate of drug-likeness (QED) is 0.368. The molecule has 0 N–H and O–H groups in total. The molecule has 3 aromatic heterocycles. The van der Waals surface area contributed by atoms with Gasteiger partial charge in [-0.3, -0.25) is 14.3 Å². The second-order valence-corrected chi connectivity index (χ2v) is 7.70. The molecule has 3 heterocycles. The van der Waals surface area contributed by atoms with Gasteiger partial charge in [-0.2, -0.15) is 0 Å². The van der Waals surface area contributed by atoms with Gasteiger partial charge in [0.05, 0.1) is 23.2 Å². The van der Waals surface area contributed by atoms with E-state index in [1.165, 1.54) is 11.8 Å². The molecule has 5 rings (SSSR count). The van der Waals surface area contributed by atoms with Gasteiger partial charge in [-0.25, -0.2) is 4.98 Å². The minimum absolute atomic E-state index is 0.0684. The lowest BCUT2D eigenvalue weighted by atomic mass is 10.2. The Balaban J connectivity index is 1.49. The summed E-state index contributed by atoms with van der Waals surface area (Å²) < 4.78 is 7.42. The molecule has 0 amide bonds. The van der Waals surface area contributed by atoms with Gasteiger partial charge in [-0.15, -0.1) is 10.2 Å². The molecule has 4 aromatic rings. The van der Waals surface area contributed by atoms with E-state index < -0.39 is 0 Å². The van der Waals surface area contributed by atoms with Crippen molar-refractivity contribution in [2.24, 2.45) is 0 Å². The summed E-state index contributed by atoms with van der Waals surface area (Å²) in [6, 6.07) is 11.2. The van der Waals surface area contributed by atoms with E-state index >= 15 is 0 Å². The Kier molecular flexibility index (Phi) is 4.40. The van der Waals surface area contributed by atoms with Crippen LogP contribution in [0.1, 0.15) is 36.1 Å². The monoisotopic (exact) mass is 391 g/mol. The number of benzene rings is 1. The summed E-state index contributed by atoms with van der Waals surface area (Å²) in [5, 5.41) is 9.47. The minimum Gasteiger partial charge on any atom is -0.424 e. The molecule has 0 bridgehead atoms. The first-order valence-electron chi connectivity index (χ1n) is 9.11. The van der Waals surface area contributed by atoms with Crippen molar-refractivity contribution in [3.63, 3.8) is 0 Å². The van der Waals surface area contributed by atoms with E-state index in [4.69, 9.17) is 9.40 Å². The molecule has 0 saturated heterocycles. The van der Waals surface area contributed by atoms with Crippen LogP contribution in [0.25, 0.3) is 10.9 Å². The van der Waals surface area contributed by atoms with E-state index in [1.807, 2.05) is 30.3 Å². The summed E-state index contributed by atoms with van der Waals surface area (Å²) in [5.74, 6) is 2.17. The van der Waals surface area contributed by atoms with Crippen LogP contribution in [-0.4, -0.2) is 24.7 Å². The molecule has 140 valence electrons. The summed E-state index contributed by atoms with van der Waals surface area (Å²) in [4.78, 5) is 22.0. The number of hydrogen-bond acceptors (Lipinski definition) is 7. The van der Waals surface area contributed by atoms with Crippen LogP contribution in [-0.2, 0) is 12.3 Å². The van der Waals surface area contributed by atoms with Crippen LogP contribution >= 0.6 is 11.8 Å². The highest BCUT2D eigenvalue weighted by Gasteiger charge is 2.29. The lowest BCUT2D eigenvalue weighted by Gasteiger charge is -2.12. The van der Waals surface area contributed by atoms with Crippen molar-refractivity contribution >= 4 is 22.7 Å². The van der Waals surface area contributed by atoms with Crippen LogP contribution in [0.2, 0.25) is 0 Å². The highest BCUT2D eigenvalue weighted by atomic mass is 32.2. The number of fused-ring (bicyclic) bond motifs is 1.